The topological polar surface area (TPSA) is 70.3 Å². The van der Waals surface area contributed by atoms with Crippen molar-refractivity contribution < 1.29 is 9.47 Å². The average Bonchev–Trinajstić information content (AvgIpc) is 3.00. The number of hydrogen-bond acceptors (Lipinski definition) is 5. The molecule has 2 aromatic heterocycles. The Bertz CT molecular complexity index is 1100. The summed E-state index contributed by atoms with van der Waals surface area (Å²) in [7, 11) is 0. The number of nitrogens with two attached hydrogens (primary N) is 1. The van der Waals surface area contributed by atoms with Crippen LogP contribution in [-0.4, -0.2) is 9.97 Å². The number of aryl methyl sites for hydroxylation is 1. The number of hydrogen-bond donors (Lipinski definition) is 1. The second-order valence-electron chi connectivity index (χ2n) is 7.07. The van der Waals surface area contributed by atoms with E-state index in [9.17, 15) is 0 Å². The molecule has 0 aliphatic carbocycles. The number of aromatic nitrogens is 2. The highest BCUT2D eigenvalue weighted by Gasteiger charge is 2.10. The van der Waals surface area contributed by atoms with E-state index in [2.05, 4.69) is 22.1 Å². The van der Waals surface area contributed by atoms with Crippen molar-refractivity contribution in [2.75, 3.05) is 5.73 Å². The zero-order chi connectivity index (χ0) is 20.8. The van der Waals surface area contributed by atoms with Crippen LogP contribution in [0.25, 0.3) is 5.76 Å². The van der Waals surface area contributed by atoms with Crippen molar-refractivity contribution in [1.29, 1.82) is 0 Å². The van der Waals surface area contributed by atoms with Gasteiger partial charge in [-0.25, -0.2) is 4.98 Å². The summed E-state index contributed by atoms with van der Waals surface area (Å²) >= 11 is 0. The van der Waals surface area contributed by atoms with Crippen LogP contribution in [0.4, 0.5) is 5.82 Å². The van der Waals surface area contributed by atoms with E-state index in [1.165, 1.54) is 5.56 Å². The molecule has 1 aliphatic rings. The molecule has 1 aromatic carbocycles. The molecule has 0 radical (unpaired) electrons. The maximum absolute atomic E-state index is 6.00. The van der Waals surface area contributed by atoms with E-state index < -0.39 is 0 Å². The predicted octanol–water partition coefficient (Wildman–Crippen LogP) is 5.00. The maximum atomic E-state index is 6.00. The van der Waals surface area contributed by atoms with Gasteiger partial charge in [-0.05, 0) is 72.5 Å². The fourth-order valence-electron chi connectivity index (χ4n) is 3.08. The highest BCUT2D eigenvalue weighted by molar-refractivity contribution is 5.71. The van der Waals surface area contributed by atoms with E-state index >= 15 is 0 Å². The minimum Gasteiger partial charge on any atom is -0.487 e. The van der Waals surface area contributed by atoms with Crippen LogP contribution in [0.5, 0.6) is 5.75 Å². The highest BCUT2D eigenvalue weighted by Crippen LogP contribution is 2.26. The van der Waals surface area contributed by atoms with Gasteiger partial charge in [0.25, 0.3) is 0 Å². The van der Waals surface area contributed by atoms with Crippen LogP contribution in [0.2, 0.25) is 0 Å². The van der Waals surface area contributed by atoms with Gasteiger partial charge in [0.15, 0.2) is 0 Å². The molecule has 1 aliphatic heterocycles. The largest absolute Gasteiger partial charge is 0.487 e. The molecule has 0 spiro atoms. The Hall–Kier alpha value is -3.86. The molecule has 3 aromatic rings. The summed E-state index contributed by atoms with van der Waals surface area (Å²) in [5.41, 5.74) is 11.1. The van der Waals surface area contributed by atoms with Crippen molar-refractivity contribution >= 4 is 11.6 Å². The lowest BCUT2D eigenvalue weighted by Gasteiger charge is -2.10. The van der Waals surface area contributed by atoms with Gasteiger partial charge in [-0.15, -0.1) is 0 Å². The van der Waals surface area contributed by atoms with Crippen LogP contribution in [0.3, 0.4) is 0 Å². The van der Waals surface area contributed by atoms with Crippen LogP contribution in [-0.2, 0) is 17.8 Å². The summed E-state index contributed by atoms with van der Waals surface area (Å²) < 4.78 is 11.6. The molecule has 2 N–H and O–H groups in total. The molecule has 5 heteroatoms. The Morgan fingerprint density at radius 3 is 2.67 bits per heavy atom. The van der Waals surface area contributed by atoms with Crippen LogP contribution < -0.4 is 10.5 Å². The summed E-state index contributed by atoms with van der Waals surface area (Å²) in [5, 5.41) is 0. The van der Waals surface area contributed by atoms with Gasteiger partial charge in [-0.2, -0.15) is 0 Å². The van der Waals surface area contributed by atoms with Gasteiger partial charge >= 0.3 is 0 Å². The first-order valence-electron chi connectivity index (χ1n) is 9.75. The molecular weight excluding hydrogens is 374 g/mol. The Labute approximate surface area is 176 Å². The maximum Gasteiger partial charge on any atom is 0.137 e. The summed E-state index contributed by atoms with van der Waals surface area (Å²) in [4.78, 5) is 8.51. The zero-order valence-corrected chi connectivity index (χ0v) is 16.8. The van der Waals surface area contributed by atoms with Gasteiger partial charge in [0.05, 0.1) is 17.5 Å². The minimum absolute atomic E-state index is 0.447. The first-order valence-corrected chi connectivity index (χ1v) is 9.75. The number of rotatable bonds is 6. The molecule has 150 valence electrons. The lowest BCUT2D eigenvalue weighted by Crippen LogP contribution is -1.99. The molecule has 0 bridgehead atoms. The molecule has 30 heavy (non-hydrogen) atoms. The SMILES string of the molecule is Cc1ccc(COc2ccc(CC3=CC=COC(c4cccnc4N)=C3)cc2)nc1. The molecule has 0 fully saturated rings. The number of anilines is 1. The minimum atomic E-state index is 0.447. The molecule has 0 unspecified atom stereocenters. The number of pyridine rings is 2. The zero-order valence-electron chi connectivity index (χ0n) is 16.8. The van der Waals surface area contributed by atoms with Crippen molar-refractivity contribution in [1.82, 2.24) is 9.97 Å². The lowest BCUT2D eigenvalue weighted by atomic mass is 10.0. The van der Waals surface area contributed by atoms with Crippen molar-refractivity contribution in [3.05, 3.63) is 113 Å². The number of ether oxygens (including phenoxy) is 2. The number of nitrogens with zero attached hydrogens (tertiary/aromatic N) is 2. The number of benzene rings is 1. The van der Waals surface area contributed by atoms with Gasteiger partial charge < -0.3 is 15.2 Å². The van der Waals surface area contributed by atoms with E-state index in [-0.39, 0.29) is 0 Å². The van der Waals surface area contributed by atoms with Gasteiger partial charge in [-0.1, -0.05) is 24.3 Å². The smallest absolute Gasteiger partial charge is 0.137 e. The van der Waals surface area contributed by atoms with Gasteiger partial charge in [0.2, 0.25) is 0 Å². The number of allylic oxidation sites excluding steroid dienone is 4. The van der Waals surface area contributed by atoms with E-state index in [4.69, 9.17) is 15.2 Å². The highest BCUT2D eigenvalue weighted by atomic mass is 16.5. The average molecular weight is 397 g/mol. The first kappa shape index (κ1) is 19.5. The second-order valence-corrected chi connectivity index (χ2v) is 7.07. The Kier molecular flexibility index (Phi) is 5.90. The third-order valence-corrected chi connectivity index (χ3v) is 4.70. The van der Waals surface area contributed by atoms with E-state index in [1.54, 1.807) is 12.5 Å². The molecule has 0 amide bonds. The van der Waals surface area contributed by atoms with E-state index in [0.717, 1.165) is 34.6 Å². The number of nitrogen functional groups attached to an aromatic ring is 1. The molecule has 4 rings (SSSR count). The van der Waals surface area contributed by atoms with Crippen LogP contribution in [0.1, 0.15) is 22.4 Å². The third-order valence-electron chi connectivity index (χ3n) is 4.70. The summed E-state index contributed by atoms with van der Waals surface area (Å²) in [6, 6.07) is 15.9. The van der Waals surface area contributed by atoms with E-state index in [1.807, 2.05) is 67.7 Å². The fourth-order valence-corrected chi connectivity index (χ4v) is 3.08. The molecule has 0 saturated heterocycles. The van der Waals surface area contributed by atoms with Crippen LogP contribution in [0, 0.1) is 6.92 Å². The van der Waals surface area contributed by atoms with Crippen LogP contribution >= 0.6 is 0 Å². The fraction of sp³-hybridized carbons (Fsp3) is 0.120. The van der Waals surface area contributed by atoms with Crippen molar-refractivity contribution in [3.8, 4) is 5.75 Å². The molecular formula is C25H23N3O2. The summed E-state index contributed by atoms with van der Waals surface area (Å²) in [6.45, 7) is 2.47. The summed E-state index contributed by atoms with van der Waals surface area (Å²) in [5.74, 6) is 1.95. The predicted molar refractivity (Wildman–Crippen MR) is 118 cm³/mol. The quantitative estimate of drug-likeness (QED) is 0.634. The summed E-state index contributed by atoms with van der Waals surface area (Å²) in [6.07, 6.45) is 11.9. The molecule has 3 heterocycles. The van der Waals surface area contributed by atoms with Gasteiger partial charge in [-0.3, -0.25) is 4.98 Å². The van der Waals surface area contributed by atoms with Gasteiger partial charge in [0, 0.05) is 12.4 Å². The Morgan fingerprint density at radius 1 is 1.03 bits per heavy atom. The van der Waals surface area contributed by atoms with Crippen molar-refractivity contribution in [2.45, 2.75) is 20.0 Å². The Balaban J connectivity index is 1.42. The van der Waals surface area contributed by atoms with Crippen molar-refractivity contribution in [2.24, 2.45) is 0 Å². The molecule has 0 saturated carbocycles. The standard InChI is InChI=1S/C25H23N3O2/c1-18-6-9-21(28-16-18)17-30-22-10-7-19(8-11-22)14-20-4-3-13-29-24(15-20)23-5-2-12-27-25(23)26/h2-13,15-16H,14,17H2,1H3,(H2,26,27). The van der Waals surface area contributed by atoms with Crippen LogP contribution in [0.15, 0.2) is 91.0 Å². The van der Waals surface area contributed by atoms with E-state index in [0.29, 0.717) is 18.2 Å². The molecule has 0 atom stereocenters. The third kappa shape index (κ3) is 4.94. The lowest BCUT2D eigenvalue weighted by molar-refractivity contribution is 0.301. The monoisotopic (exact) mass is 397 g/mol. The van der Waals surface area contributed by atoms with Gasteiger partial charge in [0.1, 0.15) is 23.9 Å². The Morgan fingerprint density at radius 2 is 1.90 bits per heavy atom. The first-order chi connectivity index (χ1) is 14.7. The normalized spacial score (nSPS) is 13.1. The van der Waals surface area contributed by atoms with Crippen molar-refractivity contribution in [3.63, 3.8) is 0 Å². The second kappa shape index (κ2) is 9.09. The molecule has 5 nitrogen and oxygen atoms in total.